The summed E-state index contributed by atoms with van der Waals surface area (Å²) in [5, 5.41) is 0. The smallest absolute Gasteiger partial charge is 0.0419 e. The Morgan fingerprint density at radius 1 is 1.50 bits per heavy atom. The van der Waals surface area contributed by atoms with E-state index in [0.29, 0.717) is 12.6 Å². The molecule has 1 aromatic carbocycles. The number of rotatable bonds is 2. The third-order valence-corrected chi connectivity index (χ3v) is 3.66. The first-order valence-corrected chi connectivity index (χ1v) is 5.94. The molecule has 1 aromatic rings. The number of nitrogens with two attached hydrogens (primary N) is 2. The van der Waals surface area contributed by atoms with Crippen LogP contribution in [0.3, 0.4) is 0 Å². The third kappa shape index (κ3) is 1.93. The number of hydrogen-bond donors (Lipinski definition) is 2. The van der Waals surface area contributed by atoms with Crippen molar-refractivity contribution in [3.8, 4) is 0 Å². The Hall–Kier alpha value is -1.06. The van der Waals surface area contributed by atoms with Gasteiger partial charge in [0.15, 0.2) is 0 Å². The summed E-state index contributed by atoms with van der Waals surface area (Å²) in [6.07, 6.45) is 2.36. The molecule has 3 heteroatoms. The third-order valence-electron chi connectivity index (χ3n) is 3.66. The molecule has 2 atom stereocenters. The van der Waals surface area contributed by atoms with Crippen molar-refractivity contribution in [2.45, 2.75) is 31.8 Å². The summed E-state index contributed by atoms with van der Waals surface area (Å²) in [5.74, 6) is 0. The van der Waals surface area contributed by atoms with Crippen LogP contribution in [0.25, 0.3) is 0 Å². The van der Waals surface area contributed by atoms with Crippen molar-refractivity contribution < 1.29 is 0 Å². The van der Waals surface area contributed by atoms with E-state index in [1.54, 1.807) is 0 Å². The number of hydrogen-bond acceptors (Lipinski definition) is 3. The summed E-state index contributed by atoms with van der Waals surface area (Å²) in [4.78, 5) is 2.34. The molecule has 0 bridgehead atoms. The lowest BCUT2D eigenvalue weighted by atomic mass is 9.94. The molecule has 0 aliphatic carbocycles. The van der Waals surface area contributed by atoms with Crippen molar-refractivity contribution in [3.63, 3.8) is 0 Å². The van der Waals surface area contributed by atoms with Crippen molar-refractivity contribution in [3.05, 3.63) is 29.3 Å². The number of nitrogens with zero attached hydrogens (tertiary/aromatic N) is 1. The van der Waals surface area contributed by atoms with Gasteiger partial charge in [0, 0.05) is 31.4 Å². The highest BCUT2D eigenvalue weighted by Crippen LogP contribution is 2.30. The van der Waals surface area contributed by atoms with Crippen LogP contribution >= 0.6 is 0 Å². The Morgan fingerprint density at radius 2 is 2.25 bits per heavy atom. The topological polar surface area (TPSA) is 55.3 Å². The number of aryl methyl sites for hydroxylation is 1. The molecule has 0 amide bonds. The Labute approximate surface area is 97.4 Å². The molecule has 0 saturated heterocycles. The zero-order valence-electron chi connectivity index (χ0n) is 10.1. The fourth-order valence-corrected chi connectivity index (χ4v) is 2.31. The van der Waals surface area contributed by atoms with E-state index in [9.17, 15) is 0 Å². The lowest BCUT2D eigenvalue weighted by molar-refractivity contribution is 0.597. The first-order chi connectivity index (χ1) is 7.63. The van der Waals surface area contributed by atoms with Crippen LogP contribution in [0.1, 0.15) is 30.5 Å². The minimum Gasteiger partial charge on any atom is -0.372 e. The number of anilines is 1. The Kier molecular flexibility index (Phi) is 3.17. The highest BCUT2D eigenvalue weighted by atomic mass is 15.1. The SMILES string of the molecule is CC1CCc2cc([C@H](N)CN)ccc2N1C. The van der Waals surface area contributed by atoms with Crippen LogP contribution in [-0.4, -0.2) is 19.6 Å². The maximum Gasteiger partial charge on any atom is 0.0419 e. The standard InChI is InChI=1S/C13H21N3/c1-9-3-4-11-7-10(12(15)8-14)5-6-13(11)16(9)2/h5-7,9,12H,3-4,8,14-15H2,1-2H3/t9?,12-/m1/s1. The molecule has 0 aromatic heterocycles. The maximum atomic E-state index is 5.95. The van der Waals surface area contributed by atoms with Gasteiger partial charge in [0.1, 0.15) is 0 Å². The predicted octanol–water partition coefficient (Wildman–Crippen LogP) is 1.42. The molecule has 2 rings (SSSR count). The molecular weight excluding hydrogens is 198 g/mol. The first kappa shape index (κ1) is 11.4. The van der Waals surface area contributed by atoms with Gasteiger partial charge in [-0.3, -0.25) is 0 Å². The Bertz CT molecular complexity index is 375. The molecule has 88 valence electrons. The van der Waals surface area contributed by atoms with E-state index in [-0.39, 0.29) is 6.04 Å². The maximum absolute atomic E-state index is 5.95. The summed E-state index contributed by atoms with van der Waals surface area (Å²) >= 11 is 0. The zero-order chi connectivity index (χ0) is 11.7. The highest BCUT2D eigenvalue weighted by molar-refractivity contribution is 5.57. The summed E-state index contributed by atoms with van der Waals surface area (Å²) < 4.78 is 0. The van der Waals surface area contributed by atoms with Gasteiger partial charge in [-0.25, -0.2) is 0 Å². The van der Waals surface area contributed by atoms with E-state index in [4.69, 9.17) is 11.5 Å². The molecule has 1 unspecified atom stereocenters. The molecule has 0 radical (unpaired) electrons. The second-order valence-electron chi connectivity index (χ2n) is 4.73. The molecule has 1 heterocycles. The van der Waals surface area contributed by atoms with Gasteiger partial charge in [-0.15, -0.1) is 0 Å². The van der Waals surface area contributed by atoms with E-state index in [2.05, 4.69) is 37.1 Å². The summed E-state index contributed by atoms with van der Waals surface area (Å²) in [7, 11) is 2.16. The first-order valence-electron chi connectivity index (χ1n) is 5.94. The van der Waals surface area contributed by atoms with Crippen LogP contribution in [0.15, 0.2) is 18.2 Å². The van der Waals surface area contributed by atoms with Gasteiger partial charge >= 0.3 is 0 Å². The fraction of sp³-hybridized carbons (Fsp3) is 0.538. The van der Waals surface area contributed by atoms with Gasteiger partial charge in [0.2, 0.25) is 0 Å². The number of benzene rings is 1. The lowest BCUT2D eigenvalue weighted by Gasteiger charge is -2.34. The molecule has 3 nitrogen and oxygen atoms in total. The Balaban J connectivity index is 2.33. The average molecular weight is 219 g/mol. The van der Waals surface area contributed by atoms with E-state index >= 15 is 0 Å². The van der Waals surface area contributed by atoms with Crippen molar-refractivity contribution in [1.82, 2.24) is 0 Å². The molecule has 1 aliphatic rings. The van der Waals surface area contributed by atoms with Gasteiger partial charge in [-0.1, -0.05) is 12.1 Å². The normalized spacial score (nSPS) is 21.8. The fourth-order valence-electron chi connectivity index (χ4n) is 2.31. The second kappa shape index (κ2) is 4.44. The van der Waals surface area contributed by atoms with Gasteiger partial charge in [0.05, 0.1) is 0 Å². The second-order valence-corrected chi connectivity index (χ2v) is 4.73. The quantitative estimate of drug-likeness (QED) is 0.791. The van der Waals surface area contributed by atoms with E-state index in [1.165, 1.54) is 17.7 Å². The predicted molar refractivity (Wildman–Crippen MR) is 68.6 cm³/mol. The molecule has 1 aliphatic heterocycles. The molecule has 16 heavy (non-hydrogen) atoms. The van der Waals surface area contributed by atoms with E-state index < -0.39 is 0 Å². The van der Waals surface area contributed by atoms with Crippen molar-refractivity contribution >= 4 is 5.69 Å². The number of fused-ring (bicyclic) bond motifs is 1. The van der Waals surface area contributed by atoms with Gasteiger partial charge in [-0.05, 0) is 37.0 Å². The lowest BCUT2D eigenvalue weighted by Crippen LogP contribution is -2.33. The van der Waals surface area contributed by atoms with Crippen molar-refractivity contribution in [2.75, 3.05) is 18.5 Å². The molecule has 0 fully saturated rings. The monoisotopic (exact) mass is 219 g/mol. The van der Waals surface area contributed by atoms with Crippen LogP contribution in [-0.2, 0) is 6.42 Å². The van der Waals surface area contributed by atoms with Gasteiger partial charge in [0.25, 0.3) is 0 Å². The molecule has 0 saturated carbocycles. The molecule has 4 N–H and O–H groups in total. The van der Waals surface area contributed by atoms with Crippen molar-refractivity contribution in [1.29, 1.82) is 0 Å². The van der Waals surface area contributed by atoms with Gasteiger partial charge in [-0.2, -0.15) is 0 Å². The van der Waals surface area contributed by atoms with Crippen molar-refractivity contribution in [2.24, 2.45) is 11.5 Å². The van der Waals surface area contributed by atoms with Crippen LogP contribution in [0.4, 0.5) is 5.69 Å². The minimum atomic E-state index is -0.0324. The van der Waals surface area contributed by atoms with Crippen LogP contribution in [0, 0.1) is 0 Å². The summed E-state index contributed by atoms with van der Waals surface area (Å²) in [6, 6.07) is 7.09. The highest BCUT2D eigenvalue weighted by Gasteiger charge is 2.20. The zero-order valence-corrected chi connectivity index (χ0v) is 10.1. The van der Waals surface area contributed by atoms with Crippen LogP contribution in [0.2, 0.25) is 0 Å². The van der Waals surface area contributed by atoms with E-state index in [0.717, 1.165) is 12.0 Å². The largest absolute Gasteiger partial charge is 0.372 e. The van der Waals surface area contributed by atoms with Crippen LogP contribution < -0.4 is 16.4 Å². The summed E-state index contributed by atoms with van der Waals surface area (Å²) in [6.45, 7) is 2.77. The van der Waals surface area contributed by atoms with Crippen LogP contribution in [0.5, 0.6) is 0 Å². The van der Waals surface area contributed by atoms with E-state index in [1.807, 2.05) is 0 Å². The molecule has 0 spiro atoms. The summed E-state index contributed by atoms with van der Waals surface area (Å²) in [5.41, 5.74) is 15.4. The average Bonchev–Trinajstić information content (AvgIpc) is 2.32. The van der Waals surface area contributed by atoms with Gasteiger partial charge < -0.3 is 16.4 Å². The Morgan fingerprint density at radius 3 is 2.94 bits per heavy atom. The minimum absolute atomic E-state index is 0.0324. The molecular formula is C13H21N3.